The molecular weight excluding hydrogens is 729 g/mol. The average molecular weight is 773 g/mol. The van der Waals surface area contributed by atoms with Gasteiger partial charge in [-0.3, -0.25) is 0 Å². The maximum atomic E-state index is 14.9. The molecule has 290 valence electrons. The summed E-state index contributed by atoms with van der Waals surface area (Å²) in [5.41, 5.74) is -2.80. The molecule has 4 rings (SSSR count). The summed E-state index contributed by atoms with van der Waals surface area (Å²) >= 11 is 0. The van der Waals surface area contributed by atoms with Gasteiger partial charge in [0, 0.05) is 30.3 Å². The molecule has 0 radical (unpaired) electrons. The number of aryl methyl sites for hydroxylation is 3. The number of rotatable bonds is 12. The summed E-state index contributed by atoms with van der Waals surface area (Å²) in [7, 11) is -2.48. The van der Waals surface area contributed by atoms with E-state index in [1.165, 1.54) is 24.4 Å². The highest BCUT2D eigenvalue weighted by molar-refractivity contribution is 7.90. The zero-order chi connectivity index (χ0) is 40.2. The van der Waals surface area contributed by atoms with Crippen molar-refractivity contribution in [2.75, 3.05) is 14.2 Å². The highest BCUT2D eigenvalue weighted by Gasteiger charge is 2.64. The van der Waals surface area contributed by atoms with E-state index in [0.717, 1.165) is 40.9 Å². The van der Waals surface area contributed by atoms with Crippen molar-refractivity contribution in [3.05, 3.63) is 113 Å². The minimum atomic E-state index is -5.35. The van der Waals surface area contributed by atoms with Crippen LogP contribution in [0, 0.1) is 20.8 Å². The number of carbonyl (C=O) groups is 3. The Bertz CT molecular complexity index is 2130. The summed E-state index contributed by atoms with van der Waals surface area (Å²) in [5, 5.41) is 2.97. The number of nitrogens with zero attached hydrogens (tertiary/aromatic N) is 1. The maximum Gasteiger partial charge on any atom is 0.432 e. The molecule has 0 aliphatic rings. The molecule has 0 saturated carbocycles. The average Bonchev–Trinajstić information content (AvgIpc) is 3.44. The summed E-state index contributed by atoms with van der Waals surface area (Å²) in [6.45, 7) is 9.97. The second-order valence-electron chi connectivity index (χ2n) is 13.7. The standard InChI is InChI=1S/C39H43F3N2O9S/c1-24-20-25(2)34(26(3)21-24)54(48,49)44-23-27(29-16-12-13-17-31(29)44)22-30(43-36(47)53-37(4,5)6)32(18-19-33(45)50-7)52-35(46)38(51-8,39(40,41)42)28-14-10-9-11-15-28/h9-21,23,30,32H,22H2,1-8H3,(H,43,47)/b19-18+/t30-,32+,38?/m0/s1. The zero-order valence-corrected chi connectivity index (χ0v) is 31.9. The Morgan fingerprint density at radius 3 is 2.06 bits per heavy atom. The molecule has 1 amide bonds. The van der Waals surface area contributed by atoms with Crippen LogP contribution in [0.25, 0.3) is 10.9 Å². The van der Waals surface area contributed by atoms with Gasteiger partial charge in [0.15, 0.2) is 0 Å². The van der Waals surface area contributed by atoms with Crippen molar-refractivity contribution < 1.29 is 54.9 Å². The molecule has 0 aliphatic heterocycles. The van der Waals surface area contributed by atoms with Crippen LogP contribution in [-0.4, -0.2) is 68.6 Å². The third-order valence-electron chi connectivity index (χ3n) is 8.46. The van der Waals surface area contributed by atoms with Crippen molar-refractivity contribution in [2.45, 2.75) is 82.4 Å². The van der Waals surface area contributed by atoms with E-state index >= 15 is 0 Å². The first-order chi connectivity index (χ1) is 25.2. The lowest BCUT2D eigenvalue weighted by Gasteiger charge is -2.35. The van der Waals surface area contributed by atoms with E-state index in [1.54, 1.807) is 71.0 Å². The van der Waals surface area contributed by atoms with E-state index in [0.29, 0.717) is 29.2 Å². The van der Waals surface area contributed by atoms with E-state index in [4.69, 9.17) is 14.2 Å². The first-order valence-electron chi connectivity index (χ1n) is 16.7. The van der Waals surface area contributed by atoms with Crippen LogP contribution in [0.15, 0.2) is 90.0 Å². The zero-order valence-electron chi connectivity index (χ0n) is 31.1. The molecule has 0 bridgehead atoms. The van der Waals surface area contributed by atoms with Gasteiger partial charge in [-0.25, -0.2) is 26.8 Å². The van der Waals surface area contributed by atoms with E-state index in [1.807, 2.05) is 6.92 Å². The van der Waals surface area contributed by atoms with Crippen LogP contribution in [-0.2, 0) is 50.6 Å². The topological polar surface area (TPSA) is 139 Å². The lowest BCUT2D eigenvalue weighted by Crippen LogP contribution is -2.55. The molecule has 11 nitrogen and oxygen atoms in total. The maximum absolute atomic E-state index is 14.9. The molecule has 3 atom stereocenters. The Balaban J connectivity index is 1.92. The van der Waals surface area contributed by atoms with E-state index < -0.39 is 63.1 Å². The second-order valence-corrected chi connectivity index (χ2v) is 15.4. The molecule has 0 fully saturated rings. The van der Waals surface area contributed by atoms with Crippen molar-refractivity contribution in [3.63, 3.8) is 0 Å². The number of halogens is 3. The Hall–Kier alpha value is -5.15. The monoisotopic (exact) mass is 772 g/mol. The number of hydrogen-bond donors (Lipinski definition) is 1. The molecule has 54 heavy (non-hydrogen) atoms. The van der Waals surface area contributed by atoms with Crippen molar-refractivity contribution in [3.8, 4) is 0 Å². The Morgan fingerprint density at radius 1 is 0.907 bits per heavy atom. The summed E-state index contributed by atoms with van der Waals surface area (Å²) in [6.07, 6.45) is -5.42. The van der Waals surface area contributed by atoms with Gasteiger partial charge < -0.3 is 24.3 Å². The number of ether oxygens (including phenoxy) is 4. The lowest BCUT2D eigenvalue weighted by atomic mass is 9.92. The second kappa shape index (κ2) is 16.1. The first kappa shape index (κ1) is 41.6. The van der Waals surface area contributed by atoms with E-state index in [9.17, 15) is 36.0 Å². The number of aromatic nitrogens is 1. The molecule has 15 heteroatoms. The normalized spacial score (nSPS) is 14.6. The highest BCUT2D eigenvalue weighted by Crippen LogP contribution is 2.43. The number of para-hydroxylation sites is 1. The summed E-state index contributed by atoms with van der Waals surface area (Å²) in [6, 6.07) is 14.6. The van der Waals surface area contributed by atoms with Crippen LogP contribution in [0.5, 0.6) is 0 Å². The predicted molar refractivity (Wildman–Crippen MR) is 194 cm³/mol. The van der Waals surface area contributed by atoms with Crippen LogP contribution in [0.2, 0.25) is 0 Å². The molecule has 3 aromatic carbocycles. The number of benzene rings is 3. The van der Waals surface area contributed by atoms with Gasteiger partial charge in [0.2, 0.25) is 0 Å². The van der Waals surface area contributed by atoms with Gasteiger partial charge in [-0.1, -0.05) is 66.2 Å². The highest BCUT2D eigenvalue weighted by atomic mass is 32.2. The SMILES string of the molecule is COC(=O)/C=C/[C@@H](OC(=O)C(OC)(c1ccccc1)C(F)(F)F)[C@H](Cc1cn(S(=O)(=O)c2c(C)cc(C)cc2C)c2ccccc12)NC(=O)OC(C)(C)C. The minimum Gasteiger partial charge on any atom is -0.466 e. The fourth-order valence-electron chi connectivity index (χ4n) is 6.29. The lowest BCUT2D eigenvalue weighted by molar-refractivity contribution is -0.277. The number of amides is 1. The molecular formula is C39H43F3N2O9S. The molecule has 1 N–H and O–H groups in total. The number of carbonyl (C=O) groups excluding carboxylic acids is 3. The van der Waals surface area contributed by atoms with Gasteiger partial charge in [0.05, 0.1) is 23.6 Å². The van der Waals surface area contributed by atoms with Crippen LogP contribution >= 0.6 is 0 Å². The minimum absolute atomic E-state index is 0.0839. The first-order valence-corrected chi connectivity index (χ1v) is 18.2. The fraction of sp³-hybridized carbons (Fsp3) is 0.359. The number of nitrogens with one attached hydrogen (secondary N) is 1. The van der Waals surface area contributed by atoms with E-state index in [-0.39, 0.29) is 16.8 Å². The number of hydrogen-bond acceptors (Lipinski definition) is 9. The molecule has 1 heterocycles. The predicted octanol–water partition coefficient (Wildman–Crippen LogP) is 6.98. The molecule has 0 saturated heterocycles. The molecule has 0 aliphatic carbocycles. The van der Waals surface area contributed by atoms with E-state index in [2.05, 4.69) is 10.1 Å². The number of fused-ring (bicyclic) bond motifs is 1. The number of methoxy groups -OCH3 is 2. The summed E-state index contributed by atoms with van der Waals surface area (Å²) in [5.74, 6) is -2.86. The largest absolute Gasteiger partial charge is 0.466 e. The summed E-state index contributed by atoms with van der Waals surface area (Å²) < 4.78 is 95.1. The Kier molecular flexibility index (Phi) is 12.4. The van der Waals surface area contributed by atoms with Crippen molar-refractivity contribution in [1.82, 2.24) is 9.29 Å². The molecule has 4 aromatic rings. The Labute approximate surface area is 312 Å². The third kappa shape index (κ3) is 8.79. The molecule has 1 unspecified atom stereocenters. The number of alkyl halides is 3. The van der Waals surface area contributed by atoms with Gasteiger partial charge in [0.1, 0.15) is 11.7 Å². The van der Waals surface area contributed by atoms with Crippen LogP contribution in [0.1, 0.15) is 48.6 Å². The van der Waals surface area contributed by atoms with Crippen molar-refractivity contribution in [1.29, 1.82) is 0 Å². The molecule has 1 aromatic heterocycles. The van der Waals surface area contributed by atoms with Gasteiger partial charge in [0.25, 0.3) is 15.6 Å². The molecule has 0 spiro atoms. The smallest absolute Gasteiger partial charge is 0.432 e. The summed E-state index contributed by atoms with van der Waals surface area (Å²) in [4.78, 5) is 39.6. The van der Waals surface area contributed by atoms with Crippen molar-refractivity contribution in [2.24, 2.45) is 0 Å². The van der Waals surface area contributed by atoms with Gasteiger partial charge in [-0.15, -0.1) is 0 Å². The van der Waals surface area contributed by atoms with Gasteiger partial charge >= 0.3 is 24.2 Å². The fourth-order valence-corrected chi connectivity index (χ4v) is 8.10. The van der Waals surface area contributed by atoms with Crippen molar-refractivity contribution >= 4 is 39.0 Å². The van der Waals surface area contributed by atoms with Gasteiger partial charge in [-0.2, -0.15) is 13.2 Å². The van der Waals surface area contributed by atoms with Crippen LogP contribution < -0.4 is 5.32 Å². The Morgan fingerprint density at radius 2 is 1.50 bits per heavy atom. The third-order valence-corrected chi connectivity index (χ3v) is 10.4. The number of esters is 2. The number of alkyl carbamates (subject to hydrolysis) is 1. The quantitative estimate of drug-likeness (QED) is 0.0918. The van der Waals surface area contributed by atoms with Crippen LogP contribution in [0.3, 0.4) is 0 Å². The van der Waals surface area contributed by atoms with Gasteiger partial charge in [-0.05, 0) is 76.8 Å². The van der Waals surface area contributed by atoms with Crippen LogP contribution in [0.4, 0.5) is 18.0 Å².